The van der Waals surface area contributed by atoms with Crippen molar-refractivity contribution in [3.05, 3.63) is 40.9 Å². The van der Waals surface area contributed by atoms with E-state index in [0.717, 1.165) is 5.47 Å². The first kappa shape index (κ1) is 15.7. The Morgan fingerprint density at radius 2 is 1.70 bits per heavy atom. The zero-order valence-electron chi connectivity index (χ0n) is 12.9. The third kappa shape index (κ3) is 2.97. The molecule has 1 fully saturated rings. The number of hydrogen-bond acceptors (Lipinski definition) is 3. The van der Waals surface area contributed by atoms with Gasteiger partial charge in [-0.15, -0.1) is 0 Å². The first-order chi connectivity index (χ1) is 9.27. The maximum absolute atomic E-state index is 6.09. The molecule has 0 unspecified atom stereocenters. The second kappa shape index (κ2) is 5.59. The Kier molecular flexibility index (Phi) is 4.38. The van der Waals surface area contributed by atoms with Crippen LogP contribution in [0.5, 0.6) is 0 Å². The normalized spacial score (nSPS) is 21.3. The minimum Gasteiger partial charge on any atom is -0.400 e. The largest absolute Gasteiger partial charge is 0.491 e. The summed E-state index contributed by atoms with van der Waals surface area (Å²) in [7, 11) is -0.322. The Balaban J connectivity index is 2.29. The van der Waals surface area contributed by atoms with Gasteiger partial charge < -0.3 is 9.31 Å². The molecule has 0 atom stereocenters. The summed E-state index contributed by atoms with van der Waals surface area (Å²) in [4.78, 5) is 0. The van der Waals surface area contributed by atoms with Crippen LogP contribution in [0.2, 0.25) is 0 Å². The van der Waals surface area contributed by atoms with Crippen molar-refractivity contribution in [2.45, 2.75) is 45.8 Å². The van der Waals surface area contributed by atoms with Crippen LogP contribution >= 0.6 is 12.6 Å². The molecular weight excluding hydrogens is 267 g/mol. The maximum Gasteiger partial charge on any atom is 0.491 e. The van der Waals surface area contributed by atoms with Gasteiger partial charge in [0.1, 0.15) is 0 Å². The van der Waals surface area contributed by atoms with Crippen molar-refractivity contribution in [2.75, 3.05) is 5.75 Å². The Hall–Kier alpha value is -0.705. The molecular formula is C16H23BO2S. The molecule has 4 heteroatoms. The third-order valence-corrected chi connectivity index (χ3v) is 4.63. The van der Waals surface area contributed by atoms with Crippen molar-refractivity contribution in [1.82, 2.24) is 0 Å². The van der Waals surface area contributed by atoms with E-state index in [-0.39, 0.29) is 18.3 Å². The second-order valence-electron chi connectivity index (χ2n) is 6.32. The molecule has 0 aromatic heterocycles. The molecule has 0 amide bonds. The summed E-state index contributed by atoms with van der Waals surface area (Å²) in [6.07, 6.45) is 2.13. The van der Waals surface area contributed by atoms with E-state index in [0.29, 0.717) is 5.75 Å². The van der Waals surface area contributed by atoms with Gasteiger partial charge in [0.05, 0.1) is 11.2 Å². The third-order valence-electron chi connectivity index (χ3n) is 4.27. The minimum atomic E-state index is -0.322. The lowest BCUT2D eigenvalue weighted by molar-refractivity contribution is 0.00578. The summed E-state index contributed by atoms with van der Waals surface area (Å²) in [5.41, 5.74) is 2.85. The predicted octanol–water partition coefficient (Wildman–Crippen LogP) is 3.94. The lowest BCUT2D eigenvalue weighted by Gasteiger charge is -2.32. The molecule has 1 aliphatic heterocycles. The van der Waals surface area contributed by atoms with Gasteiger partial charge in [0, 0.05) is 5.75 Å². The molecule has 0 N–H and O–H groups in total. The average Bonchev–Trinajstić information content (AvgIpc) is 2.57. The van der Waals surface area contributed by atoms with Gasteiger partial charge in [0.15, 0.2) is 0 Å². The lowest BCUT2D eigenvalue weighted by Crippen LogP contribution is -2.41. The summed E-state index contributed by atoms with van der Waals surface area (Å²) < 4.78 is 12.2. The van der Waals surface area contributed by atoms with E-state index in [1.54, 1.807) is 0 Å². The molecule has 0 saturated carbocycles. The molecule has 0 spiro atoms. The Morgan fingerprint density at radius 1 is 1.15 bits per heavy atom. The van der Waals surface area contributed by atoms with Crippen LogP contribution in [-0.2, 0) is 9.31 Å². The SMILES string of the molecule is Cc1ccccc1C=C(CS)B1OC(C)(C)C(C)(C)O1. The van der Waals surface area contributed by atoms with Crippen molar-refractivity contribution in [1.29, 1.82) is 0 Å². The van der Waals surface area contributed by atoms with E-state index in [4.69, 9.17) is 9.31 Å². The topological polar surface area (TPSA) is 18.5 Å². The number of aryl methyl sites for hydroxylation is 1. The number of benzene rings is 1. The monoisotopic (exact) mass is 290 g/mol. The van der Waals surface area contributed by atoms with Gasteiger partial charge in [0.2, 0.25) is 0 Å². The van der Waals surface area contributed by atoms with Crippen LogP contribution in [0.25, 0.3) is 6.08 Å². The molecule has 1 aromatic rings. The van der Waals surface area contributed by atoms with Gasteiger partial charge in [-0.2, -0.15) is 12.6 Å². The average molecular weight is 290 g/mol. The fraction of sp³-hybridized carbons (Fsp3) is 0.500. The van der Waals surface area contributed by atoms with E-state index >= 15 is 0 Å². The zero-order chi connectivity index (χ0) is 15.0. The van der Waals surface area contributed by atoms with Crippen molar-refractivity contribution >= 4 is 25.8 Å². The summed E-state index contributed by atoms with van der Waals surface area (Å²) in [6, 6.07) is 8.29. The molecule has 0 aliphatic carbocycles. The molecule has 1 saturated heterocycles. The van der Waals surface area contributed by atoms with Crippen LogP contribution in [-0.4, -0.2) is 24.1 Å². The summed E-state index contributed by atoms with van der Waals surface area (Å²) in [5, 5.41) is 0. The molecule has 1 aromatic carbocycles. The molecule has 2 nitrogen and oxygen atoms in total. The van der Waals surface area contributed by atoms with E-state index in [2.05, 4.69) is 65.5 Å². The molecule has 0 radical (unpaired) electrons. The highest BCUT2D eigenvalue weighted by atomic mass is 32.1. The molecule has 1 heterocycles. The van der Waals surface area contributed by atoms with Crippen molar-refractivity contribution < 1.29 is 9.31 Å². The van der Waals surface area contributed by atoms with Gasteiger partial charge in [-0.25, -0.2) is 0 Å². The maximum atomic E-state index is 6.09. The number of hydrogen-bond donors (Lipinski definition) is 1. The van der Waals surface area contributed by atoms with Crippen LogP contribution in [0.15, 0.2) is 29.7 Å². The van der Waals surface area contributed by atoms with E-state index in [1.807, 2.05) is 12.1 Å². The number of rotatable bonds is 3. The highest BCUT2D eigenvalue weighted by molar-refractivity contribution is 7.80. The first-order valence-electron chi connectivity index (χ1n) is 6.99. The highest BCUT2D eigenvalue weighted by Crippen LogP contribution is 2.39. The van der Waals surface area contributed by atoms with Gasteiger partial charge >= 0.3 is 7.12 Å². The van der Waals surface area contributed by atoms with E-state index < -0.39 is 0 Å². The summed E-state index contributed by atoms with van der Waals surface area (Å²) in [5.74, 6) is 0.616. The van der Waals surface area contributed by atoms with Crippen molar-refractivity contribution in [2.24, 2.45) is 0 Å². The van der Waals surface area contributed by atoms with Crippen LogP contribution < -0.4 is 0 Å². The molecule has 2 rings (SSSR count). The Morgan fingerprint density at radius 3 is 2.20 bits per heavy atom. The van der Waals surface area contributed by atoms with Gasteiger partial charge in [-0.05, 0) is 51.2 Å². The Bertz CT molecular complexity index is 507. The smallest absolute Gasteiger partial charge is 0.400 e. The lowest BCUT2D eigenvalue weighted by atomic mass is 9.78. The molecule has 1 aliphatic rings. The Labute approximate surface area is 128 Å². The first-order valence-corrected chi connectivity index (χ1v) is 7.63. The van der Waals surface area contributed by atoms with Crippen LogP contribution in [0.4, 0.5) is 0 Å². The molecule has 20 heavy (non-hydrogen) atoms. The molecule has 108 valence electrons. The van der Waals surface area contributed by atoms with Gasteiger partial charge in [-0.1, -0.05) is 30.3 Å². The standard InChI is InChI=1S/C16H23BO2S/c1-12-8-6-7-9-13(12)10-14(11-20)17-18-15(2,3)16(4,5)19-17/h6-10,20H,11H2,1-5H3. The van der Waals surface area contributed by atoms with Crippen molar-refractivity contribution in [3.63, 3.8) is 0 Å². The van der Waals surface area contributed by atoms with Gasteiger partial charge in [0.25, 0.3) is 0 Å². The second-order valence-corrected chi connectivity index (χ2v) is 6.64. The molecule has 0 bridgehead atoms. The quantitative estimate of drug-likeness (QED) is 0.671. The zero-order valence-corrected chi connectivity index (χ0v) is 13.8. The number of thiol groups is 1. The fourth-order valence-corrected chi connectivity index (χ4v) is 2.37. The van der Waals surface area contributed by atoms with E-state index in [9.17, 15) is 0 Å². The minimum absolute atomic E-state index is 0.314. The summed E-state index contributed by atoms with van der Waals surface area (Å²) >= 11 is 4.44. The van der Waals surface area contributed by atoms with Gasteiger partial charge in [-0.3, -0.25) is 0 Å². The van der Waals surface area contributed by atoms with Crippen molar-refractivity contribution in [3.8, 4) is 0 Å². The summed E-state index contributed by atoms with van der Waals surface area (Å²) in [6.45, 7) is 10.4. The van der Waals surface area contributed by atoms with E-state index in [1.165, 1.54) is 11.1 Å². The van der Waals surface area contributed by atoms with Crippen LogP contribution in [0.1, 0.15) is 38.8 Å². The van der Waals surface area contributed by atoms with Crippen LogP contribution in [0.3, 0.4) is 0 Å². The predicted molar refractivity (Wildman–Crippen MR) is 89.1 cm³/mol. The van der Waals surface area contributed by atoms with Crippen LogP contribution in [0, 0.1) is 6.92 Å². The fourth-order valence-electron chi connectivity index (χ4n) is 2.13. The highest BCUT2D eigenvalue weighted by Gasteiger charge is 2.52.